The topological polar surface area (TPSA) is 98.0 Å². The quantitative estimate of drug-likeness (QED) is 0.570. The van der Waals surface area contributed by atoms with Gasteiger partial charge in [-0.05, 0) is 30.3 Å². The van der Waals surface area contributed by atoms with E-state index < -0.39 is 11.7 Å². The van der Waals surface area contributed by atoms with Gasteiger partial charge in [-0.15, -0.1) is 0 Å². The second-order valence-corrected chi connectivity index (χ2v) is 5.57. The molecule has 0 fully saturated rings. The third-order valence-electron chi connectivity index (χ3n) is 3.60. The highest BCUT2D eigenvalue weighted by Crippen LogP contribution is 2.33. The van der Waals surface area contributed by atoms with Gasteiger partial charge in [-0.1, -0.05) is 30.0 Å². The van der Waals surface area contributed by atoms with E-state index in [0.717, 1.165) is 12.1 Å². The number of alkyl halides is 3. The van der Waals surface area contributed by atoms with E-state index >= 15 is 0 Å². The number of benzene rings is 2. The Balaban J connectivity index is 2.15. The van der Waals surface area contributed by atoms with E-state index in [1.807, 2.05) is 0 Å². The summed E-state index contributed by atoms with van der Waals surface area (Å²) in [5.41, 5.74) is 11.5. The molecule has 0 bridgehead atoms. The average Bonchev–Trinajstić information content (AvgIpc) is 2.60. The first-order chi connectivity index (χ1) is 12.7. The van der Waals surface area contributed by atoms with Gasteiger partial charge in [0.25, 0.3) is 0 Å². The van der Waals surface area contributed by atoms with Gasteiger partial charge in [-0.3, -0.25) is 0 Å². The molecule has 0 spiro atoms. The van der Waals surface area contributed by atoms with Crippen molar-refractivity contribution in [2.24, 2.45) is 0 Å². The van der Waals surface area contributed by atoms with Crippen LogP contribution in [0, 0.1) is 11.8 Å². The fourth-order valence-corrected chi connectivity index (χ4v) is 2.39. The molecule has 3 aromatic rings. The lowest BCUT2D eigenvalue weighted by Gasteiger charge is -2.11. The fraction of sp³-hybridized carbons (Fsp3) is 0.0526. The number of nitrogens with zero attached hydrogens (tertiary/aromatic N) is 2. The molecule has 0 aliphatic rings. The van der Waals surface area contributed by atoms with Crippen LogP contribution in [-0.4, -0.2) is 15.1 Å². The Morgan fingerprint density at radius 1 is 0.926 bits per heavy atom. The smallest absolute Gasteiger partial charge is 0.416 e. The van der Waals surface area contributed by atoms with Crippen molar-refractivity contribution in [3.05, 3.63) is 65.2 Å². The minimum Gasteiger partial charge on any atom is -0.508 e. The van der Waals surface area contributed by atoms with Crippen LogP contribution < -0.4 is 11.5 Å². The maximum absolute atomic E-state index is 13.0. The lowest BCUT2D eigenvalue weighted by atomic mass is 10.0. The summed E-state index contributed by atoms with van der Waals surface area (Å²) in [6, 6.07) is 10.8. The predicted octanol–water partition coefficient (Wildman–Crippen LogP) is 3.43. The fourth-order valence-electron chi connectivity index (χ4n) is 2.39. The van der Waals surface area contributed by atoms with Crippen LogP contribution in [0.15, 0.2) is 48.5 Å². The molecular weight excluding hydrogens is 357 g/mol. The van der Waals surface area contributed by atoms with Crippen LogP contribution in [-0.2, 0) is 6.18 Å². The number of hydrogen-bond donors (Lipinski definition) is 3. The maximum atomic E-state index is 13.0. The number of rotatable bonds is 1. The summed E-state index contributed by atoms with van der Waals surface area (Å²) in [7, 11) is 0. The van der Waals surface area contributed by atoms with Gasteiger partial charge in [0.1, 0.15) is 11.6 Å². The molecule has 8 heteroatoms. The zero-order valence-electron chi connectivity index (χ0n) is 13.7. The zero-order valence-corrected chi connectivity index (χ0v) is 13.7. The van der Waals surface area contributed by atoms with Crippen molar-refractivity contribution in [3.8, 4) is 28.8 Å². The van der Waals surface area contributed by atoms with Crippen molar-refractivity contribution in [2.45, 2.75) is 6.18 Å². The highest BCUT2D eigenvalue weighted by Gasteiger charge is 2.30. The van der Waals surface area contributed by atoms with E-state index in [9.17, 15) is 18.3 Å². The SMILES string of the molecule is Nc1nc(N)c(C#Cc2cccc(O)c2)c(-c2cccc(C(F)(F)F)c2)n1. The number of phenolic OH excluding ortho intramolecular Hbond substituents is 1. The molecule has 3 rings (SSSR count). The Bertz CT molecular complexity index is 1070. The molecule has 5 N–H and O–H groups in total. The summed E-state index contributed by atoms with van der Waals surface area (Å²) in [5, 5.41) is 9.50. The molecule has 1 aromatic heterocycles. The number of aromatic nitrogens is 2. The number of anilines is 2. The molecule has 0 amide bonds. The molecule has 0 saturated heterocycles. The lowest BCUT2D eigenvalue weighted by Crippen LogP contribution is -2.07. The van der Waals surface area contributed by atoms with Crippen LogP contribution >= 0.6 is 0 Å². The van der Waals surface area contributed by atoms with Gasteiger partial charge >= 0.3 is 6.18 Å². The summed E-state index contributed by atoms with van der Waals surface area (Å²) in [6.07, 6.45) is -4.51. The van der Waals surface area contributed by atoms with E-state index in [4.69, 9.17) is 11.5 Å². The van der Waals surface area contributed by atoms with Crippen molar-refractivity contribution in [1.29, 1.82) is 0 Å². The van der Waals surface area contributed by atoms with Crippen LogP contribution in [0.3, 0.4) is 0 Å². The van der Waals surface area contributed by atoms with Crippen molar-refractivity contribution in [2.75, 3.05) is 11.5 Å². The van der Waals surface area contributed by atoms with Crippen LogP contribution in [0.25, 0.3) is 11.3 Å². The Kier molecular flexibility index (Phi) is 4.60. The number of halogens is 3. The van der Waals surface area contributed by atoms with Gasteiger partial charge in [0.05, 0.1) is 16.8 Å². The lowest BCUT2D eigenvalue weighted by molar-refractivity contribution is -0.137. The molecule has 5 nitrogen and oxygen atoms in total. The highest BCUT2D eigenvalue weighted by molar-refractivity contribution is 5.74. The second-order valence-electron chi connectivity index (χ2n) is 5.57. The first-order valence-corrected chi connectivity index (χ1v) is 7.66. The molecule has 27 heavy (non-hydrogen) atoms. The number of hydrogen-bond acceptors (Lipinski definition) is 5. The second kappa shape index (κ2) is 6.88. The number of nitrogen functional groups attached to an aromatic ring is 2. The summed E-state index contributed by atoms with van der Waals surface area (Å²) in [5.74, 6) is 5.34. The van der Waals surface area contributed by atoms with Crippen molar-refractivity contribution >= 4 is 11.8 Å². The van der Waals surface area contributed by atoms with Gasteiger partial charge in [0.2, 0.25) is 5.95 Å². The molecule has 0 radical (unpaired) electrons. The highest BCUT2D eigenvalue weighted by atomic mass is 19.4. The molecule has 0 atom stereocenters. The normalized spacial score (nSPS) is 10.9. The minimum atomic E-state index is -4.51. The predicted molar refractivity (Wildman–Crippen MR) is 95.4 cm³/mol. The van der Waals surface area contributed by atoms with Gasteiger partial charge in [0, 0.05) is 11.1 Å². The third-order valence-corrected chi connectivity index (χ3v) is 3.60. The Morgan fingerprint density at radius 2 is 1.67 bits per heavy atom. The first-order valence-electron chi connectivity index (χ1n) is 7.66. The summed E-state index contributed by atoms with van der Waals surface area (Å²) in [4.78, 5) is 7.86. The largest absolute Gasteiger partial charge is 0.508 e. The molecule has 136 valence electrons. The Morgan fingerprint density at radius 3 is 2.37 bits per heavy atom. The van der Waals surface area contributed by atoms with Gasteiger partial charge in [-0.2, -0.15) is 18.2 Å². The number of aromatic hydroxyl groups is 1. The summed E-state index contributed by atoms with van der Waals surface area (Å²) < 4.78 is 39.0. The standard InChI is InChI=1S/C19H13F3N4O/c20-19(21,22)13-5-2-4-12(10-13)16-15(17(23)26-18(24)25-16)8-7-11-3-1-6-14(27)9-11/h1-6,9-10,27H,(H4,23,24,25,26). The maximum Gasteiger partial charge on any atom is 0.416 e. The van der Waals surface area contributed by atoms with Crippen molar-refractivity contribution in [1.82, 2.24) is 9.97 Å². The van der Waals surface area contributed by atoms with Gasteiger partial charge < -0.3 is 16.6 Å². The van der Waals surface area contributed by atoms with E-state index in [1.54, 1.807) is 12.1 Å². The van der Waals surface area contributed by atoms with Crippen LogP contribution in [0.4, 0.5) is 24.9 Å². The summed E-state index contributed by atoms with van der Waals surface area (Å²) in [6.45, 7) is 0. The van der Waals surface area contributed by atoms with Crippen LogP contribution in [0.2, 0.25) is 0 Å². The van der Waals surface area contributed by atoms with Crippen LogP contribution in [0.5, 0.6) is 5.75 Å². The van der Waals surface area contributed by atoms with Gasteiger partial charge in [-0.25, -0.2) is 4.98 Å². The molecule has 0 aliphatic carbocycles. The molecule has 0 saturated carbocycles. The molecular formula is C19H13F3N4O. The van der Waals surface area contributed by atoms with Crippen molar-refractivity contribution in [3.63, 3.8) is 0 Å². The minimum absolute atomic E-state index is 0.0291. The van der Waals surface area contributed by atoms with E-state index in [2.05, 4.69) is 21.8 Å². The van der Waals surface area contributed by atoms with E-state index in [0.29, 0.717) is 5.56 Å². The van der Waals surface area contributed by atoms with Crippen molar-refractivity contribution < 1.29 is 18.3 Å². The number of nitrogens with two attached hydrogens (primary N) is 2. The average molecular weight is 370 g/mol. The molecule has 0 unspecified atom stereocenters. The Hall–Kier alpha value is -3.73. The summed E-state index contributed by atoms with van der Waals surface area (Å²) >= 11 is 0. The number of phenols is 1. The monoisotopic (exact) mass is 370 g/mol. The molecule has 0 aliphatic heterocycles. The van der Waals surface area contributed by atoms with Crippen LogP contribution in [0.1, 0.15) is 16.7 Å². The molecule has 2 aromatic carbocycles. The van der Waals surface area contributed by atoms with E-state index in [-0.39, 0.29) is 34.3 Å². The first kappa shape index (κ1) is 18.1. The zero-order chi connectivity index (χ0) is 19.6. The van der Waals surface area contributed by atoms with Gasteiger partial charge in [0.15, 0.2) is 0 Å². The third kappa shape index (κ3) is 4.10. The Labute approximate surface area is 152 Å². The van der Waals surface area contributed by atoms with E-state index in [1.165, 1.54) is 24.3 Å². The molecule has 1 heterocycles.